The lowest BCUT2D eigenvalue weighted by Gasteiger charge is -2.08. The van der Waals surface area contributed by atoms with Crippen LogP contribution in [0.1, 0.15) is 11.1 Å². The van der Waals surface area contributed by atoms with Crippen LogP contribution in [0.3, 0.4) is 0 Å². The standard InChI is InChI=1S/C19H18O3/c1-21-18(20)12-13-19(16-10-6-3-7-11-16)17(22-19)14-15-8-4-2-5-9-15/h2-13,17H,14H2,1H3/b13-12+/t17-,19-/m0/s1. The molecule has 1 aliphatic heterocycles. The minimum Gasteiger partial charge on any atom is -0.466 e. The van der Waals surface area contributed by atoms with Gasteiger partial charge in [-0.1, -0.05) is 60.7 Å². The maximum Gasteiger partial charge on any atom is 0.330 e. The van der Waals surface area contributed by atoms with Gasteiger partial charge in [0.25, 0.3) is 0 Å². The topological polar surface area (TPSA) is 38.8 Å². The third-order valence-electron chi connectivity index (χ3n) is 3.92. The summed E-state index contributed by atoms with van der Waals surface area (Å²) in [5, 5.41) is 0. The molecule has 0 saturated carbocycles. The summed E-state index contributed by atoms with van der Waals surface area (Å²) < 4.78 is 10.7. The third kappa shape index (κ3) is 2.95. The van der Waals surface area contributed by atoms with E-state index >= 15 is 0 Å². The number of epoxide rings is 1. The Bertz CT molecular complexity index is 664. The summed E-state index contributed by atoms with van der Waals surface area (Å²) in [6.07, 6.45) is 4.08. The molecule has 0 spiro atoms. The van der Waals surface area contributed by atoms with Gasteiger partial charge in [-0.2, -0.15) is 0 Å². The second-order valence-electron chi connectivity index (χ2n) is 5.31. The molecule has 0 N–H and O–H groups in total. The quantitative estimate of drug-likeness (QED) is 0.483. The van der Waals surface area contributed by atoms with Crippen LogP contribution in [-0.4, -0.2) is 19.2 Å². The van der Waals surface area contributed by atoms with Gasteiger partial charge in [-0.05, 0) is 17.2 Å². The molecule has 3 nitrogen and oxygen atoms in total. The van der Waals surface area contributed by atoms with Gasteiger partial charge in [0, 0.05) is 12.5 Å². The minimum absolute atomic E-state index is 0.0261. The second kappa shape index (κ2) is 6.16. The lowest BCUT2D eigenvalue weighted by atomic mass is 9.91. The van der Waals surface area contributed by atoms with Crippen molar-refractivity contribution in [3.8, 4) is 0 Å². The molecule has 0 radical (unpaired) electrons. The number of hydrogen-bond donors (Lipinski definition) is 0. The van der Waals surface area contributed by atoms with Crippen LogP contribution in [-0.2, 0) is 26.3 Å². The van der Waals surface area contributed by atoms with Gasteiger partial charge in [-0.15, -0.1) is 0 Å². The van der Waals surface area contributed by atoms with Crippen LogP contribution >= 0.6 is 0 Å². The molecule has 0 amide bonds. The first-order valence-corrected chi connectivity index (χ1v) is 7.29. The van der Waals surface area contributed by atoms with Crippen molar-refractivity contribution in [2.45, 2.75) is 18.1 Å². The number of rotatable bonds is 5. The van der Waals surface area contributed by atoms with Crippen LogP contribution in [0.15, 0.2) is 72.8 Å². The molecule has 1 fully saturated rings. The molecule has 0 aromatic heterocycles. The van der Waals surface area contributed by atoms with Gasteiger partial charge in [0.05, 0.1) is 7.11 Å². The van der Waals surface area contributed by atoms with Gasteiger partial charge in [-0.25, -0.2) is 4.79 Å². The minimum atomic E-state index is -0.536. The van der Waals surface area contributed by atoms with Crippen LogP contribution in [0, 0.1) is 0 Å². The number of carbonyl (C=O) groups excluding carboxylic acids is 1. The van der Waals surface area contributed by atoms with E-state index in [0.29, 0.717) is 0 Å². The van der Waals surface area contributed by atoms with Crippen molar-refractivity contribution >= 4 is 5.97 Å². The van der Waals surface area contributed by atoms with E-state index in [1.807, 2.05) is 54.6 Å². The zero-order valence-electron chi connectivity index (χ0n) is 12.4. The molecule has 3 rings (SSSR count). The average molecular weight is 294 g/mol. The Hall–Kier alpha value is -2.39. The van der Waals surface area contributed by atoms with E-state index in [1.165, 1.54) is 18.7 Å². The van der Waals surface area contributed by atoms with E-state index in [2.05, 4.69) is 16.9 Å². The summed E-state index contributed by atoms with van der Waals surface area (Å²) in [5.41, 5.74) is 1.73. The molecular formula is C19H18O3. The number of hydrogen-bond acceptors (Lipinski definition) is 3. The predicted octanol–water partition coefficient (Wildman–Crippen LogP) is 3.25. The molecule has 22 heavy (non-hydrogen) atoms. The smallest absolute Gasteiger partial charge is 0.330 e. The number of benzene rings is 2. The molecule has 3 heteroatoms. The van der Waals surface area contributed by atoms with Crippen molar-refractivity contribution in [3.05, 3.63) is 83.9 Å². The van der Waals surface area contributed by atoms with Gasteiger partial charge in [-0.3, -0.25) is 0 Å². The molecule has 2 atom stereocenters. The fraction of sp³-hybridized carbons (Fsp3) is 0.211. The SMILES string of the molecule is COC(=O)/C=C/[C@@]1(c2ccccc2)O[C@H]1Cc1ccccc1. The molecular weight excluding hydrogens is 276 g/mol. The summed E-state index contributed by atoms with van der Waals surface area (Å²) in [6.45, 7) is 0. The molecule has 0 bridgehead atoms. The Morgan fingerprint density at radius 3 is 2.41 bits per heavy atom. The first-order chi connectivity index (χ1) is 10.7. The number of methoxy groups -OCH3 is 1. The molecule has 1 heterocycles. The molecule has 1 saturated heterocycles. The molecule has 2 aromatic carbocycles. The second-order valence-corrected chi connectivity index (χ2v) is 5.31. The van der Waals surface area contributed by atoms with Crippen LogP contribution in [0.25, 0.3) is 0 Å². The first kappa shape index (κ1) is 14.5. The van der Waals surface area contributed by atoms with E-state index in [1.54, 1.807) is 0 Å². The third-order valence-corrected chi connectivity index (χ3v) is 3.92. The Morgan fingerprint density at radius 2 is 1.77 bits per heavy atom. The number of carbonyl (C=O) groups is 1. The summed E-state index contributed by atoms with van der Waals surface area (Å²) in [6, 6.07) is 20.2. The largest absolute Gasteiger partial charge is 0.466 e. The highest BCUT2D eigenvalue weighted by Gasteiger charge is 2.55. The maximum atomic E-state index is 11.4. The Kier molecular flexibility index (Phi) is 4.07. The lowest BCUT2D eigenvalue weighted by molar-refractivity contribution is -0.134. The van der Waals surface area contributed by atoms with E-state index in [-0.39, 0.29) is 12.1 Å². The highest BCUT2D eigenvalue weighted by molar-refractivity contribution is 5.82. The first-order valence-electron chi connectivity index (χ1n) is 7.29. The summed E-state index contributed by atoms with van der Waals surface area (Å²) in [5.74, 6) is -0.371. The van der Waals surface area contributed by atoms with Gasteiger partial charge >= 0.3 is 5.97 Å². The zero-order valence-corrected chi connectivity index (χ0v) is 12.4. The fourth-order valence-electron chi connectivity index (χ4n) is 2.68. The van der Waals surface area contributed by atoms with Crippen LogP contribution in [0.4, 0.5) is 0 Å². The van der Waals surface area contributed by atoms with E-state index in [0.717, 1.165) is 12.0 Å². The lowest BCUT2D eigenvalue weighted by Crippen LogP contribution is -2.12. The predicted molar refractivity (Wildman–Crippen MR) is 84.3 cm³/mol. The molecule has 1 aliphatic rings. The van der Waals surface area contributed by atoms with Crippen molar-refractivity contribution in [1.82, 2.24) is 0 Å². The van der Waals surface area contributed by atoms with Gasteiger partial charge in [0.1, 0.15) is 11.7 Å². The molecule has 0 unspecified atom stereocenters. The van der Waals surface area contributed by atoms with E-state index in [9.17, 15) is 4.79 Å². The van der Waals surface area contributed by atoms with Crippen LogP contribution < -0.4 is 0 Å². The maximum absolute atomic E-state index is 11.4. The van der Waals surface area contributed by atoms with Gasteiger partial charge in [0.15, 0.2) is 0 Å². The molecule has 0 aliphatic carbocycles. The monoisotopic (exact) mass is 294 g/mol. The van der Waals surface area contributed by atoms with E-state index < -0.39 is 5.60 Å². The van der Waals surface area contributed by atoms with Crippen molar-refractivity contribution in [1.29, 1.82) is 0 Å². The van der Waals surface area contributed by atoms with Crippen LogP contribution in [0.2, 0.25) is 0 Å². The van der Waals surface area contributed by atoms with Gasteiger partial charge < -0.3 is 9.47 Å². The van der Waals surface area contributed by atoms with Crippen LogP contribution in [0.5, 0.6) is 0 Å². The number of esters is 1. The van der Waals surface area contributed by atoms with E-state index in [4.69, 9.17) is 4.74 Å². The molecule has 2 aromatic rings. The zero-order chi connectivity index (χ0) is 15.4. The number of ether oxygens (including phenoxy) is 2. The summed E-state index contributed by atoms with van der Waals surface area (Å²) in [4.78, 5) is 11.4. The van der Waals surface area contributed by atoms with Gasteiger partial charge in [0.2, 0.25) is 0 Å². The highest BCUT2D eigenvalue weighted by atomic mass is 16.6. The summed E-state index contributed by atoms with van der Waals surface area (Å²) >= 11 is 0. The normalized spacial score (nSPS) is 23.4. The average Bonchev–Trinajstić information content (AvgIpc) is 3.28. The highest BCUT2D eigenvalue weighted by Crippen LogP contribution is 2.49. The van der Waals surface area contributed by atoms with Crippen molar-refractivity contribution in [2.75, 3.05) is 7.11 Å². The Balaban J connectivity index is 1.84. The Labute approximate surface area is 130 Å². The summed E-state index contributed by atoms with van der Waals surface area (Å²) in [7, 11) is 1.37. The fourth-order valence-corrected chi connectivity index (χ4v) is 2.68. The van der Waals surface area contributed by atoms with Crippen molar-refractivity contribution in [3.63, 3.8) is 0 Å². The van der Waals surface area contributed by atoms with Crippen molar-refractivity contribution in [2.24, 2.45) is 0 Å². The molecule has 112 valence electrons. The van der Waals surface area contributed by atoms with Crippen molar-refractivity contribution < 1.29 is 14.3 Å². The Morgan fingerprint density at radius 1 is 1.14 bits per heavy atom.